The average molecular weight is 509 g/mol. The minimum absolute atomic E-state index is 0.237. The molecule has 1 aromatic heterocycles. The van der Waals surface area contributed by atoms with Gasteiger partial charge in [0.05, 0.1) is 7.11 Å². The van der Waals surface area contributed by atoms with Crippen LogP contribution in [0.15, 0.2) is 97.3 Å². The summed E-state index contributed by atoms with van der Waals surface area (Å²) in [5.74, 6) is 0.264. The first-order chi connectivity index (χ1) is 18.5. The van der Waals surface area contributed by atoms with E-state index in [0.717, 1.165) is 33.7 Å². The van der Waals surface area contributed by atoms with Gasteiger partial charge in [-0.2, -0.15) is 0 Å². The number of nitrogens with one attached hydrogen (secondary N) is 3. The minimum atomic E-state index is -0.728. The maximum atomic E-state index is 13.2. The summed E-state index contributed by atoms with van der Waals surface area (Å²) >= 11 is 0. The van der Waals surface area contributed by atoms with Crippen LogP contribution >= 0.6 is 0 Å². The zero-order valence-corrected chi connectivity index (χ0v) is 21.6. The van der Waals surface area contributed by atoms with Gasteiger partial charge in [0, 0.05) is 43.2 Å². The van der Waals surface area contributed by atoms with E-state index >= 15 is 0 Å². The minimum Gasteiger partial charge on any atom is -0.497 e. The summed E-state index contributed by atoms with van der Waals surface area (Å²) in [5, 5.41) is 9.16. The second-order valence-corrected chi connectivity index (χ2v) is 8.98. The van der Waals surface area contributed by atoms with Gasteiger partial charge in [-0.1, -0.05) is 48.0 Å². The van der Waals surface area contributed by atoms with E-state index in [-0.39, 0.29) is 11.8 Å². The normalized spacial score (nSPS) is 11.3. The fraction of sp³-hybridized carbons (Fsp3) is 0.194. The number of amides is 2. The molecule has 0 bridgehead atoms. The number of nitrogens with zero attached hydrogens (tertiary/aromatic N) is 1. The van der Waals surface area contributed by atoms with E-state index in [0.29, 0.717) is 25.1 Å². The van der Waals surface area contributed by atoms with E-state index in [2.05, 4.69) is 20.9 Å². The lowest BCUT2D eigenvalue weighted by atomic mass is 10.0. The van der Waals surface area contributed by atoms with Crippen molar-refractivity contribution in [1.29, 1.82) is 0 Å². The maximum Gasteiger partial charge on any atom is 0.251 e. The highest BCUT2D eigenvalue weighted by molar-refractivity contribution is 5.97. The SMILES string of the molecule is COc1ccc(NCCNC(=O)C(Cc2ccc(-c3cccnc3)cc2)NC(=O)c2cccc(C)c2)cc1. The first-order valence-electron chi connectivity index (χ1n) is 12.5. The van der Waals surface area contributed by atoms with Crippen molar-refractivity contribution in [3.63, 3.8) is 0 Å². The second-order valence-electron chi connectivity index (χ2n) is 8.98. The Morgan fingerprint density at radius 3 is 2.37 bits per heavy atom. The Bertz CT molecular complexity index is 1340. The number of anilines is 1. The summed E-state index contributed by atoms with van der Waals surface area (Å²) in [7, 11) is 1.63. The van der Waals surface area contributed by atoms with Gasteiger partial charge in [-0.05, 0) is 66.1 Å². The number of carbonyl (C=O) groups is 2. The number of benzene rings is 3. The highest BCUT2D eigenvalue weighted by atomic mass is 16.5. The van der Waals surface area contributed by atoms with Crippen molar-refractivity contribution in [1.82, 2.24) is 15.6 Å². The van der Waals surface area contributed by atoms with Gasteiger partial charge < -0.3 is 20.7 Å². The van der Waals surface area contributed by atoms with Crippen molar-refractivity contribution in [3.05, 3.63) is 114 Å². The molecule has 2 amide bonds. The molecular weight excluding hydrogens is 476 g/mol. The number of carbonyl (C=O) groups excluding carboxylic acids is 2. The van der Waals surface area contributed by atoms with Gasteiger partial charge in [0.25, 0.3) is 5.91 Å². The third-order valence-corrected chi connectivity index (χ3v) is 6.13. The molecule has 0 saturated carbocycles. The lowest BCUT2D eigenvalue weighted by Gasteiger charge is -2.19. The molecule has 38 heavy (non-hydrogen) atoms. The number of methoxy groups -OCH3 is 1. The molecule has 0 saturated heterocycles. The van der Waals surface area contributed by atoms with E-state index in [1.54, 1.807) is 19.4 Å². The number of aromatic nitrogens is 1. The Balaban J connectivity index is 1.40. The van der Waals surface area contributed by atoms with Crippen LogP contribution in [-0.2, 0) is 11.2 Å². The topological polar surface area (TPSA) is 92.3 Å². The Labute approximate surface area is 223 Å². The Hall–Kier alpha value is -4.65. The molecule has 3 N–H and O–H groups in total. The first kappa shape index (κ1) is 26.4. The van der Waals surface area contributed by atoms with Crippen molar-refractivity contribution < 1.29 is 14.3 Å². The molecule has 7 nitrogen and oxygen atoms in total. The van der Waals surface area contributed by atoms with Crippen LogP contribution in [-0.4, -0.2) is 43.0 Å². The molecule has 1 atom stereocenters. The molecule has 0 aliphatic heterocycles. The zero-order chi connectivity index (χ0) is 26.7. The van der Waals surface area contributed by atoms with Crippen LogP contribution in [0.2, 0.25) is 0 Å². The lowest BCUT2D eigenvalue weighted by molar-refractivity contribution is -0.122. The smallest absolute Gasteiger partial charge is 0.251 e. The van der Waals surface area contributed by atoms with Crippen molar-refractivity contribution in [2.24, 2.45) is 0 Å². The summed E-state index contributed by atoms with van der Waals surface area (Å²) in [4.78, 5) is 30.3. The molecule has 1 heterocycles. The fourth-order valence-electron chi connectivity index (χ4n) is 4.06. The molecule has 0 aliphatic rings. The van der Waals surface area contributed by atoms with E-state index < -0.39 is 6.04 Å². The van der Waals surface area contributed by atoms with Gasteiger partial charge in [-0.25, -0.2) is 0 Å². The number of pyridine rings is 1. The molecule has 0 spiro atoms. The van der Waals surface area contributed by atoms with Crippen LogP contribution in [0.25, 0.3) is 11.1 Å². The van der Waals surface area contributed by atoms with Gasteiger partial charge in [-0.3, -0.25) is 14.6 Å². The lowest BCUT2D eigenvalue weighted by Crippen LogP contribution is -2.48. The van der Waals surface area contributed by atoms with Crippen molar-refractivity contribution in [2.45, 2.75) is 19.4 Å². The van der Waals surface area contributed by atoms with E-state index in [1.807, 2.05) is 92.0 Å². The molecule has 4 rings (SSSR count). The predicted molar refractivity (Wildman–Crippen MR) is 150 cm³/mol. The van der Waals surface area contributed by atoms with E-state index in [4.69, 9.17) is 4.74 Å². The Morgan fingerprint density at radius 2 is 1.68 bits per heavy atom. The fourth-order valence-corrected chi connectivity index (χ4v) is 4.06. The summed E-state index contributed by atoms with van der Waals surface area (Å²) in [6.07, 6.45) is 3.92. The number of rotatable bonds is 11. The third-order valence-electron chi connectivity index (χ3n) is 6.13. The van der Waals surface area contributed by atoms with Gasteiger partial charge >= 0.3 is 0 Å². The van der Waals surface area contributed by atoms with Crippen LogP contribution in [0, 0.1) is 6.92 Å². The first-order valence-corrected chi connectivity index (χ1v) is 12.5. The molecule has 0 fully saturated rings. The number of aryl methyl sites for hydroxylation is 1. The Kier molecular flexibility index (Phi) is 9.07. The molecular formula is C31H32N4O3. The summed E-state index contributed by atoms with van der Waals surface area (Å²) < 4.78 is 5.18. The monoisotopic (exact) mass is 508 g/mol. The highest BCUT2D eigenvalue weighted by Gasteiger charge is 2.22. The summed E-state index contributed by atoms with van der Waals surface area (Å²) in [6, 6.07) is 26.0. The van der Waals surface area contributed by atoms with Crippen LogP contribution in [0.4, 0.5) is 5.69 Å². The van der Waals surface area contributed by atoms with E-state index in [9.17, 15) is 9.59 Å². The van der Waals surface area contributed by atoms with Gasteiger partial charge in [0.15, 0.2) is 0 Å². The van der Waals surface area contributed by atoms with Crippen LogP contribution in [0.1, 0.15) is 21.5 Å². The largest absolute Gasteiger partial charge is 0.497 e. The molecule has 194 valence electrons. The average Bonchev–Trinajstić information content (AvgIpc) is 2.96. The van der Waals surface area contributed by atoms with Crippen LogP contribution in [0.5, 0.6) is 5.75 Å². The van der Waals surface area contributed by atoms with Crippen molar-refractivity contribution in [3.8, 4) is 16.9 Å². The number of hydrogen-bond acceptors (Lipinski definition) is 5. The van der Waals surface area contributed by atoms with Crippen molar-refractivity contribution in [2.75, 3.05) is 25.5 Å². The zero-order valence-electron chi connectivity index (χ0n) is 21.6. The number of ether oxygens (including phenoxy) is 1. The molecule has 0 radical (unpaired) electrons. The maximum absolute atomic E-state index is 13.2. The van der Waals surface area contributed by atoms with Gasteiger partial charge in [0.2, 0.25) is 5.91 Å². The molecule has 4 aromatic rings. The molecule has 7 heteroatoms. The summed E-state index contributed by atoms with van der Waals surface area (Å²) in [6.45, 7) is 2.87. The van der Waals surface area contributed by atoms with Gasteiger partial charge in [-0.15, -0.1) is 0 Å². The van der Waals surface area contributed by atoms with E-state index in [1.165, 1.54) is 0 Å². The second kappa shape index (κ2) is 13.1. The quantitative estimate of drug-likeness (QED) is 0.257. The highest BCUT2D eigenvalue weighted by Crippen LogP contribution is 2.19. The molecule has 3 aromatic carbocycles. The number of hydrogen-bond donors (Lipinski definition) is 3. The third kappa shape index (κ3) is 7.43. The molecule has 1 unspecified atom stereocenters. The van der Waals surface area contributed by atoms with Crippen LogP contribution < -0.4 is 20.7 Å². The van der Waals surface area contributed by atoms with Crippen molar-refractivity contribution >= 4 is 17.5 Å². The van der Waals surface area contributed by atoms with Gasteiger partial charge in [0.1, 0.15) is 11.8 Å². The molecule has 0 aliphatic carbocycles. The summed E-state index contributed by atoms with van der Waals surface area (Å²) in [5.41, 5.74) is 5.43. The van der Waals surface area contributed by atoms with Crippen LogP contribution in [0.3, 0.4) is 0 Å². The Morgan fingerprint density at radius 1 is 0.895 bits per heavy atom. The standard InChI is InChI=1S/C31H32N4O3/c1-22-5-3-6-25(19-22)30(36)35-29(20-23-8-10-24(11-9-23)26-7-4-16-32-21-26)31(37)34-18-17-33-27-12-14-28(38-2)15-13-27/h3-16,19,21,29,33H,17-18,20H2,1-2H3,(H,34,37)(H,35,36). The predicted octanol–water partition coefficient (Wildman–Crippen LogP) is 4.64.